The molecule has 0 saturated heterocycles. The second kappa shape index (κ2) is 7.89. The minimum atomic E-state index is -0.863. The van der Waals surface area contributed by atoms with Gasteiger partial charge in [0.25, 0.3) is 11.8 Å². The van der Waals surface area contributed by atoms with Gasteiger partial charge in [-0.15, -0.1) is 11.3 Å². The Kier molecular flexibility index (Phi) is 5.87. The molecule has 132 valence electrons. The summed E-state index contributed by atoms with van der Waals surface area (Å²) in [7, 11) is 0. The zero-order chi connectivity index (χ0) is 18.6. The molecule has 2 rings (SSSR count). The summed E-state index contributed by atoms with van der Waals surface area (Å²) in [5.74, 6) is -1.76. The van der Waals surface area contributed by atoms with Crippen LogP contribution in [0.5, 0.6) is 0 Å². The van der Waals surface area contributed by atoms with Crippen LogP contribution in [0.2, 0.25) is 0 Å². The molecular formula is C17H17FN2O4S. The highest BCUT2D eigenvalue weighted by molar-refractivity contribution is 7.16. The minimum Gasteiger partial charge on any atom is -0.450 e. The second-order valence-corrected chi connectivity index (χ2v) is 6.35. The number of rotatable bonds is 4. The van der Waals surface area contributed by atoms with E-state index in [4.69, 9.17) is 0 Å². The number of amides is 3. The lowest BCUT2D eigenvalue weighted by molar-refractivity contribution is 0.0925. The first-order valence-corrected chi connectivity index (χ1v) is 8.30. The Labute approximate surface area is 148 Å². The Balaban J connectivity index is 2.27. The Morgan fingerprint density at radius 2 is 1.92 bits per heavy atom. The molecule has 0 saturated carbocycles. The molecule has 6 nitrogen and oxygen atoms in total. The molecule has 0 aliphatic heterocycles. The number of ether oxygens (including phenoxy) is 1. The van der Waals surface area contributed by atoms with E-state index in [2.05, 4.69) is 15.4 Å². The molecule has 3 amide bonds. The highest BCUT2D eigenvalue weighted by atomic mass is 32.1. The lowest BCUT2D eigenvalue weighted by Crippen LogP contribution is -2.31. The fraction of sp³-hybridized carbons (Fsp3) is 0.235. The summed E-state index contributed by atoms with van der Waals surface area (Å²) in [5.41, 5.74) is 0.946. The maximum atomic E-state index is 13.3. The van der Waals surface area contributed by atoms with Gasteiger partial charge in [0.1, 0.15) is 10.8 Å². The highest BCUT2D eigenvalue weighted by Gasteiger charge is 2.23. The first-order chi connectivity index (χ1) is 11.8. The predicted octanol–water partition coefficient (Wildman–Crippen LogP) is 3.64. The van der Waals surface area contributed by atoms with Crippen LogP contribution in [0.25, 0.3) is 0 Å². The van der Waals surface area contributed by atoms with Gasteiger partial charge in [0.2, 0.25) is 0 Å². The van der Waals surface area contributed by atoms with Crippen LogP contribution in [0.3, 0.4) is 0 Å². The number of halogens is 1. The molecule has 2 aromatic rings. The van der Waals surface area contributed by atoms with Crippen molar-refractivity contribution >= 4 is 34.2 Å². The van der Waals surface area contributed by atoms with Gasteiger partial charge in [-0.2, -0.15) is 0 Å². The molecule has 25 heavy (non-hydrogen) atoms. The molecule has 0 radical (unpaired) electrons. The van der Waals surface area contributed by atoms with Gasteiger partial charge in [0.05, 0.1) is 12.2 Å². The number of aryl methyl sites for hydroxylation is 1. The second-order valence-electron chi connectivity index (χ2n) is 5.13. The molecule has 0 aliphatic carbocycles. The third-order valence-corrected chi connectivity index (χ3v) is 4.54. The average molecular weight is 364 g/mol. The maximum absolute atomic E-state index is 13.3. The number of imide groups is 1. The van der Waals surface area contributed by atoms with E-state index in [9.17, 15) is 18.8 Å². The first kappa shape index (κ1) is 18.6. The molecule has 0 spiro atoms. The number of carbonyl (C=O) groups excluding carboxylic acids is 3. The largest absolute Gasteiger partial charge is 0.450 e. The van der Waals surface area contributed by atoms with Gasteiger partial charge in [-0.3, -0.25) is 14.9 Å². The molecule has 8 heteroatoms. The van der Waals surface area contributed by atoms with Crippen molar-refractivity contribution in [2.24, 2.45) is 0 Å². The van der Waals surface area contributed by atoms with Gasteiger partial charge in [0, 0.05) is 10.4 Å². The Morgan fingerprint density at radius 3 is 2.56 bits per heavy atom. The van der Waals surface area contributed by atoms with Crippen molar-refractivity contribution in [2.75, 3.05) is 11.9 Å². The van der Waals surface area contributed by atoms with Crippen molar-refractivity contribution in [3.05, 3.63) is 51.7 Å². The number of benzene rings is 1. The van der Waals surface area contributed by atoms with Crippen LogP contribution < -0.4 is 10.6 Å². The van der Waals surface area contributed by atoms with Crippen LogP contribution in [0, 0.1) is 19.7 Å². The van der Waals surface area contributed by atoms with Crippen molar-refractivity contribution in [1.29, 1.82) is 0 Å². The summed E-state index contributed by atoms with van der Waals surface area (Å²) < 4.78 is 18.0. The lowest BCUT2D eigenvalue weighted by Gasteiger charge is -2.08. The van der Waals surface area contributed by atoms with Crippen LogP contribution in [-0.4, -0.2) is 24.5 Å². The van der Waals surface area contributed by atoms with Crippen molar-refractivity contribution < 1.29 is 23.5 Å². The summed E-state index contributed by atoms with van der Waals surface area (Å²) in [6.45, 7) is 5.25. The number of hydrogen-bond acceptors (Lipinski definition) is 5. The molecule has 1 aromatic carbocycles. The van der Waals surface area contributed by atoms with E-state index in [-0.39, 0.29) is 22.7 Å². The molecule has 0 atom stereocenters. The van der Waals surface area contributed by atoms with Crippen LogP contribution in [0.15, 0.2) is 24.3 Å². The third-order valence-electron chi connectivity index (χ3n) is 3.42. The number of hydrogen-bond donors (Lipinski definition) is 2. The van der Waals surface area contributed by atoms with Crippen LogP contribution >= 0.6 is 11.3 Å². The lowest BCUT2D eigenvalue weighted by atomic mass is 10.1. The summed E-state index contributed by atoms with van der Waals surface area (Å²) >= 11 is 1.20. The van der Waals surface area contributed by atoms with E-state index in [1.54, 1.807) is 20.8 Å². The smallest absolute Gasteiger partial charge is 0.414 e. The van der Waals surface area contributed by atoms with E-state index in [0.717, 1.165) is 10.9 Å². The molecule has 1 aromatic heterocycles. The molecular weight excluding hydrogens is 347 g/mol. The van der Waals surface area contributed by atoms with Gasteiger partial charge >= 0.3 is 6.09 Å². The molecule has 1 heterocycles. The summed E-state index contributed by atoms with van der Waals surface area (Å²) in [6.07, 6.45) is -0.863. The Hall–Kier alpha value is -2.74. The monoisotopic (exact) mass is 364 g/mol. The molecule has 0 fully saturated rings. The fourth-order valence-electron chi connectivity index (χ4n) is 2.12. The number of nitrogens with one attached hydrogen (secondary N) is 2. The minimum absolute atomic E-state index is 0.125. The Morgan fingerprint density at radius 1 is 1.20 bits per heavy atom. The van der Waals surface area contributed by atoms with Crippen molar-refractivity contribution in [3.8, 4) is 0 Å². The van der Waals surface area contributed by atoms with Crippen molar-refractivity contribution in [1.82, 2.24) is 5.32 Å². The van der Waals surface area contributed by atoms with Gasteiger partial charge < -0.3 is 10.1 Å². The summed E-state index contributed by atoms with van der Waals surface area (Å²) in [5, 5.41) is 4.99. The van der Waals surface area contributed by atoms with E-state index < -0.39 is 23.7 Å². The third kappa shape index (κ3) is 4.42. The number of alkyl carbamates (subject to hydrolysis) is 1. The zero-order valence-corrected chi connectivity index (χ0v) is 14.8. The molecule has 0 aliphatic rings. The van der Waals surface area contributed by atoms with E-state index in [1.807, 2.05) is 0 Å². The van der Waals surface area contributed by atoms with Gasteiger partial charge in [-0.05, 0) is 44.5 Å². The van der Waals surface area contributed by atoms with E-state index in [1.165, 1.54) is 29.5 Å². The van der Waals surface area contributed by atoms with E-state index in [0.29, 0.717) is 5.56 Å². The van der Waals surface area contributed by atoms with Crippen molar-refractivity contribution in [2.45, 2.75) is 20.8 Å². The standard InChI is InChI=1S/C17H17FN2O4S/c1-4-24-17(23)20-15(22)13-9(2)10(3)25-16(13)19-14(21)11-6-5-7-12(18)8-11/h5-8H,4H2,1-3H3,(H,19,21)(H,20,22,23). The van der Waals surface area contributed by atoms with Gasteiger partial charge in [0.15, 0.2) is 0 Å². The summed E-state index contributed by atoms with van der Waals surface area (Å²) in [4.78, 5) is 36.9. The molecule has 2 N–H and O–H groups in total. The summed E-state index contributed by atoms with van der Waals surface area (Å²) in [6, 6.07) is 5.21. The van der Waals surface area contributed by atoms with Gasteiger partial charge in [-0.25, -0.2) is 9.18 Å². The number of carbonyl (C=O) groups is 3. The molecule has 0 bridgehead atoms. The topological polar surface area (TPSA) is 84.5 Å². The van der Waals surface area contributed by atoms with Crippen LogP contribution in [-0.2, 0) is 4.74 Å². The normalized spacial score (nSPS) is 10.2. The van der Waals surface area contributed by atoms with E-state index >= 15 is 0 Å². The Bertz CT molecular complexity index is 832. The zero-order valence-electron chi connectivity index (χ0n) is 13.9. The van der Waals surface area contributed by atoms with Crippen LogP contribution in [0.1, 0.15) is 38.1 Å². The predicted molar refractivity (Wildman–Crippen MR) is 92.6 cm³/mol. The first-order valence-electron chi connectivity index (χ1n) is 7.48. The average Bonchev–Trinajstić information content (AvgIpc) is 2.81. The molecule has 0 unspecified atom stereocenters. The maximum Gasteiger partial charge on any atom is 0.414 e. The number of thiophene rings is 1. The SMILES string of the molecule is CCOC(=O)NC(=O)c1c(NC(=O)c2cccc(F)c2)sc(C)c1C. The highest BCUT2D eigenvalue weighted by Crippen LogP contribution is 2.32. The fourth-order valence-corrected chi connectivity index (χ4v) is 3.17. The van der Waals surface area contributed by atoms with Gasteiger partial charge in [-0.1, -0.05) is 6.07 Å². The quantitative estimate of drug-likeness (QED) is 0.867. The van der Waals surface area contributed by atoms with Crippen LogP contribution in [0.4, 0.5) is 14.2 Å². The van der Waals surface area contributed by atoms with Crippen molar-refractivity contribution in [3.63, 3.8) is 0 Å². The number of anilines is 1.